The molecule has 0 atom stereocenters. The van der Waals surface area contributed by atoms with Crippen molar-refractivity contribution in [2.24, 2.45) is 0 Å². The number of anilines is 9. The van der Waals surface area contributed by atoms with E-state index in [9.17, 15) is 0 Å². The highest BCUT2D eigenvalue weighted by Crippen LogP contribution is 2.55. The first kappa shape index (κ1) is 47.5. The summed E-state index contributed by atoms with van der Waals surface area (Å²) in [5.74, 6) is 0. The molecule has 3 heterocycles. The van der Waals surface area contributed by atoms with Crippen LogP contribution in [0.4, 0.5) is 51.2 Å². The van der Waals surface area contributed by atoms with Gasteiger partial charge in [-0.1, -0.05) is 164 Å². The van der Waals surface area contributed by atoms with E-state index in [0.29, 0.717) is 0 Å². The number of furan rings is 1. The van der Waals surface area contributed by atoms with E-state index < -0.39 is 0 Å². The van der Waals surface area contributed by atoms with Gasteiger partial charge in [0.1, 0.15) is 5.58 Å². The van der Waals surface area contributed by atoms with Crippen molar-refractivity contribution in [1.82, 2.24) is 0 Å². The second-order valence-electron chi connectivity index (χ2n) is 26.8. The average molecular weight is 960 g/mol. The maximum atomic E-state index is 7.69. The van der Waals surface area contributed by atoms with Crippen molar-refractivity contribution < 1.29 is 4.42 Å². The van der Waals surface area contributed by atoms with Crippen LogP contribution >= 0.6 is 0 Å². The SMILES string of the molecule is CC(C)(C)c1ccc(N(c2ccccc2)c2cc3c4c(c2)N(c2ccccc2)c2c(oc5cc6c(cc25)C(C)(C)CCC6(C)C)B4c2cc4c(cc2N3c2ccc(C(C)(C)C)cc2)C(C)(C)CCC4(C)C)cc1. The third kappa shape index (κ3) is 7.52. The highest BCUT2D eigenvalue weighted by atomic mass is 16.3. The summed E-state index contributed by atoms with van der Waals surface area (Å²) < 4.78 is 7.69. The van der Waals surface area contributed by atoms with Crippen molar-refractivity contribution in [3.63, 3.8) is 0 Å². The van der Waals surface area contributed by atoms with E-state index in [4.69, 9.17) is 4.42 Å². The van der Waals surface area contributed by atoms with Crippen LogP contribution < -0.4 is 31.3 Å². The summed E-state index contributed by atoms with van der Waals surface area (Å²) in [6, 6.07) is 56.0. The fraction of sp³-hybridized carbons (Fsp3) is 0.353. The molecule has 0 N–H and O–H groups in total. The van der Waals surface area contributed by atoms with Crippen LogP contribution in [0.2, 0.25) is 0 Å². The first-order chi connectivity index (χ1) is 34.4. The van der Waals surface area contributed by atoms with Gasteiger partial charge in [-0.05, 0) is 181 Å². The molecule has 8 aromatic rings. The summed E-state index contributed by atoms with van der Waals surface area (Å²) in [6.07, 6.45) is 4.56. The van der Waals surface area contributed by atoms with Crippen LogP contribution in [0.3, 0.4) is 0 Å². The van der Waals surface area contributed by atoms with Crippen molar-refractivity contribution in [3.8, 4) is 0 Å². The zero-order valence-electron chi connectivity index (χ0n) is 46.0. The molecule has 4 aliphatic rings. The number of para-hydroxylation sites is 2. The fourth-order valence-electron chi connectivity index (χ4n) is 13.1. The van der Waals surface area contributed by atoms with Crippen LogP contribution in [0.25, 0.3) is 11.0 Å². The van der Waals surface area contributed by atoms with Crippen molar-refractivity contribution >= 4 is 85.5 Å². The molecule has 0 saturated heterocycles. The highest BCUT2D eigenvalue weighted by molar-refractivity contribution is 7.00. The van der Waals surface area contributed by atoms with Gasteiger partial charge in [-0.15, -0.1) is 0 Å². The van der Waals surface area contributed by atoms with Crippen molar-refractivity contribution in [2.45, 2.75) is 155 Å². The molecule has 0 amide bonds. The molecule has 4 nitrogen and oxygen atoms in total. The van der Waals surface area contributed by atoms with Crippen molar-refractivity contribution in [2.75, 3.05) is 14.7 Å². The predicted molar refractivity (Wildman–Crippen MR) is 313 cm³/mol. The Morgan fingerprint density at radius 1 is 0.452 bits per heavy atom. The van der Waals surface area contributed by atoms with Gasteiger partial charge in [0.25, 0.3) is 6.71 Å². The first-order valence-electron chi connectivity index (χ1n) is 27.1. The van der Waals surface area contributed by atoms with E-state index in [0.717, 1.165) is 71.1 Å². The number of hydrogen-bond donors (Lipinski definition) is 0. The van der Waals surface area contributed by atoms with Gasteiger partial charge in [0, 0.05) is 45.2 Å². The molecule has 0 spiro atoms. The Hall–Kier alpha value is -6.46. The van der Waals surface area contributed by atoms with Crippen LogP contribution in [-0.4, -0.2) is 6.71 Å². The lowest BCUT2D eigenvalue weighted by molar-refractivity contribution is 0.332. The topological polar surface area (TPSA) is 22.9 Å². The van der Waals surface area contributed by atoms with Gasteiger partial charge < -0.3 is 19.1 Å². The van der Waals surface area contributed by atoms with Gasteiger partial charge in [0.05, 0.1) is 17.0 Å². The van der Waals surface area contributed by atoms with Gasteiger partial charge >= 0.3 is 0 Å². The number of nitrogens with zero attached hydrogens (tertiary/aromatic N) is 3. The third-order valence-electron chi connectivity index (χ3n) is 17.9. The minimum atomic E-state index is -0.179. The van der Waals surface area contributed by atoms with Crippen LogP contribution in [0, 0.1) is 0 Å². The Balaban J connectivity index is 1.24. The molecule has 1 aromatic heterocycles. The molecule has 0 saturated carbocycles. The van der Waals surface area contributed by atoms with Gasteiger partial charge in [-0.2, -0.15) is 0 Å². The minimum Gasteiger partial charge on any atom is -0.468 e. The molecule has 0 unspecified atom stereocenters. The molecule has 73 heavy (non-hydrogen) atoms. The summed E-state index contributed by atoms with van der Waals surface area (Å²) in [5.41, 5.74) is 23.3. The van der Waals surface area contributed by atoms with Gasteiger partial charge in [0.2, 0.25) is 0 Å². The summed E-state index contributed by atoms with van der Waals surface area (Å²) in [6.45, 7) is 33.3. The standard InChI is InChI=1S/C68H74BN3O/c1-63(2,3)43-25-29-47(30-26-43)70(45-21-17-15-18-22-45)49-37-57-60-58(38-49)72(46-23-19-16-20-24-46)61-50-39-51-54(68(13,14)36-33-65(51,7)8)42-59(50)73-62(61)69(60)55-40-52-53(67(11,12)35-34-66(52,9)10)41-56(55)71(57)48-31-27-44(28-32-48)64(4,5)6/h15-32,37-42H,33-36H2,1-14H3. The first-order valence-corrected chi connectivity index (χ1v) is 27.1. The van der Waals surface area contributed by atoms with Crippen LogP contribution in [0.5, 0.6) is 0 Å². The van der Waals surface area contributed by atoms with E-state index in [1.165, 1.54) is 66.8 Å². The molecule has 5 heteroatoms. The van der Waals surface area contributed by atoms with E-state index >= 15 is 0 Å². The molecular weight excluding hydrogens is 886 g/mol. The monoisotopic (exact) mass is 960 g/mol. The molecular formula is C68H74BN3O. The van der Waals surface area contributed by atoms with Gasteiger partial charge in [-0.3, -0.25) is 0 Å². The molecule has 2 aliphatic carbocycles. The quantitative estimate of drug-likeness (QED) is 0.160. The van der Waals surface area contributed by atoms with Gasteiger partial charge in [0.15, 0.2) is 0 Å². The number of benzene rings is 7. The zero-order chi connectivity index (χ0) is 51.4. The largest absolute Gasteiger partial charge is 0.468 e. The zero-order valence-corrected chi connectivity index (χ0v) is 46.0. The molecule has 2 aliphatic heterocycles. The number of rotatable bonds is 5. The lowest BCUT2D eigenvalue weighted by atomic mass is 9.35. The number of fused-ring (bicyclic) bond motifs is 8. The Bertz CT molecular complexity index is 3470. The third-order valence-corrected chi connectivity index (χ3v) is 17.9. The normalized spacial score (nSPS) is 17.9. The Labute approximate surface area is 436 Å². The van der Waals surface area contributed by atoms with E-state index in [-0.39, 0.29) is 39.2 Å². The predicted octanol–water partition coefficient (Wildman–Crippen LogP) is 17.3. The Kier molecular flexibility index (Phi) is 10.4. The van der Waals surface area contributed by atoms with E-state index in [1.54, 1.807) is 0 Å². The van der Waals surface area contributed by atoms with Crippen LogP contribution in [0.1, 0.15) is 156 Å². The Morgan fingerprint density at radius 3 is 1.45 bits per heavy atom. The maximum Gasteiger partial charge on any atom is 0.297 e. The molecule has 7 aromatic carbocycles. The summed E-state index contributed by atoms with van der Waals surface area (Å²) in [5, 5.41) is 1.18. The van der Waals surface area contributed by atoms with Crippen molar-refractivity contribution in [3.05, 3.63) is 179 Å². The molecule has 0 fully saturated rings. The fourth-order valence-corrected chi connectivity index (χ4v) is 13.1. The van der Waals surface area contributed by atoms with Crippen LogP contribution in [-0.2, 0) is 32.5 Å². The smallest absolute Gasteiger partial charge is 0.297 e. The second kappa shape index (κ2) is 16.0. The minimum absolute atomic E-state index is 0.00185. The highest BCUT2D eigenvalue weighted by Gasteiger charge is 2.50. The molecule has 370 valence electrons. The van der Waals surface area contributed by atoms with Crippen molar-refractivity contribution in [1.29, 1.82) is 0 Å². The van der Waals surface area contributed by atoms with E-state index in [1.807, 2.05) is 0 Å². The summed E-state index contributed by atoms with van der Waals surface area (Å²) in [7, 11) is 0. The molecule has 0 radical (unpaired) electrons. The number of hydrogen-bond acceptors (Lipinski definition) is 4. The molecule has 0 bridgehead atoms. The maximum absolute atomic E-state index is 7.69. The van der Waals surface area contributed by atoms with Crippen LogP contribution in [0.15, 0.2) is 150 Å². The molecule has 12 rings (SSSR count). The summed E-state index contributed by atoms with van der Waals surface area (Å²) >= 11 is 0. The van der Waals surface area contributed by atoms with E-state index in [2.05, 4.69) is 257 Å². The lowest BCUT2D eigenvalue weighted by Gasteiger charge is -2.47. The van der Waals surface area contributed by atoms with Gasteiger partial charge in [-0.25, -0.2) is 0 Å². The Morgan fingerprint density at radius 2 is 0.904 bits per heavy atom. The lowest BCUT2D eigenvalue weighted by Crippen LogP contribution is -2.61. The second-order valence-corrected chi connectivity index (χ2v) is 26.8. The average Bonchev–Trinajstić information content (AvgIpc) is 3.72. The summed E-state index contributed by atoms with van der Waals surface area (Å²) in [4.78, 5) is 7.65.